The second kappa shape index (κ2) is 21.7. The monoisotopic (exact) mass is 777 g/mol. The van der Waals surface area contributed by atoms with Crippen molar-refractivity contribution in [3.8, 4) is 34.5 Å². The van der Waals surface area contributed by atoms with Crippen LogP contribution in [0, 0.1) is 0 Å². The zero-order valence-corrected chi connectivity index (χ0v) is 33.5. The first-order chi connectivity index (χ1) is 26.7. The van der Waals surface area contributed by atoms with Crippen molar-refractivity contribution < 1.29 is 51.6 Å². The van der Waals surface area contributed by atoms with Crippen LogP contribution in [-0.2, 0) is 29.6 Å². The molecule has 0 heterocycles. The molecular weight excluding hydrogens is 725 g/mol. The first kappa shape index (κ1) is 42.6. The molecule has 0 aliphatic heterocycles. The highest BCUT2D eigenvalue weighted by atomic mass is 31.2. The summed E-state index contributed by atoms with van der Waals surface area (Å²) in [5.74, 6) is 2.30. The van der Waals surface area contributed by atoms with Crippen molar-refractivity contribution in [1.29, 1.82) is 0 Å². The molecule has 1 atom stereocenters. The van der Waals surface area contributed by atoms with Crippen molar-refractivity contribution in [1.82, 2.24) is 0 Å². The average Bonchev–Trinajstić information content (AvgIpc) is 3.20. The number of rotatable bonds is 23. The van der Waals surface area contributed by atoms with Gasteiger partial charge < -0.3 is 47.5 Å². The van der Waals surface area contributed by atoms with E-state index in [0.717, 1.165) is 22.4 Å². The first-order valence-corrected chi connectivity index (χ1v) is 19.6. The highest BCUT2D eigenvalue weighted by Gasteiger charge is 2.37. The predicted octanol–water partition coefficient (Wildman–Crippen LogP) is 9.22. The van der Waals surface area contributed by atoms with Gasteiger partial charge in [-0.1, -0.05) is 42.5 Å². The van der Waals surface area contributed by atoms with Crippen LogP contribution in [0.15, 0.2) is 78.9 Å². The van der Waals surface area contributed by atoms with Gasteiger partial charge in [-0.05, 0) is 97.5 Å². The normalized spacial score (nSPS) is 11.8. The SMILES string of the molecule is CCOP(=O)(OCC)C(Nc1ccc(CCCC(=O)OCCOc2cc(/C=C\c3cc(OC)c(OC)c(OC)c3)ccc2OC)cc1)c1cccc(OC)c1. The van der Waals surface area contributed by atoms with E-state index in [0.29, 0.717) is 52.9 Å². The fourth-order valence-electron chi connectivity index (χ4n) is 5.74. The minimum atomic E-state index is -3.59. The third-order valence-corrected chi connectivity index (χ3v) is 10.7. The molecule has 12 nitrogen and oxygen atoms in total. The summed E-state index contributed by atoms with van der Waals surface area (Å²) in [6.45, 7) is 4.28. The van der Waals surface area contributed by atoms with Crippen LogP contribution in [0.2, 0.25) is 0 Å². The van der Waals surface area contributed by atoms with Crippen LogP contribution in [0.3, 0.4) is 0 Å². The number of hydrogen-bond acceptors (Lipinski definition) is 12. The molecule has 0 saturated heterocycles. The van der Waals surface area contributed by atoms with Gasteiger partial charge in [0.1, 0.15) is 19.0 Å². The number of aryl methyl sites for hydroxylation is 1. The van der Waals surface area contributed by atoms with Crippen LogP contribution < -0.4 is 33.7 Å². The lowest BCUT2D eigenvalue weighted by molar-refractivity contribution is -0.144. The van der Waals surface area contributed by atoms with Gasteiger partial charge in [0.05, 0.1) is 48.8 Å². The van der Waals surface area contributed by atoms with Crippen molar-refractivity contribution >= 4 is 31.4 Å². The molecule has 4 aromatic carbocycles. The topological polar surface area (TPSA) is 129 Å². The summed E-state index contributed by atoms with van der Waals surface area (Å²) in [5, 5.41) is 3.36. The van der Waals surface area contributed by atoms with Gasteiger partial charge in [0, 0.05) is 12.1 Å². The molecule has 0 amide bonds. The van der Waals surface area contributed by atoms with Gasteiger partial charge in [-0.15, -0.1) is 0 Å². The molecule has 0 fully saturated rings. The second-order valence-corrected chi connectivity index (χ2v) is 14.1. The van der Waals surface area contributed by atoms with E-state index in [-0.39, 0.29) is 38.8 Å². The Labute approximate surface area is 324 Å². The van der Waals surface area contributed by atoms with Crippen molar-refractivity contribution in [2.75, 3.05) is 67.3 Å². The number of methoxy groups -OCH3 is 5. The Morgan fingerprint density at radius 3 is 1.98 bits per heavy atom. The van der Waals surface area contributed by atoms with E-state index in [1.54, 1.807) is 49.4 Å². The fourth-order valence-corrected chi connectivity index (χ4v) is 7.67. The number of esters is 1. The van der Waals surface area contributed by atoms with Gasteiger partial charge in [-0.3, -0.25) is 9.36 Å². The van der Waals surface area contributed by atoms with E-state index in [1.807, 2.05) is 91.0 Å². The standard InChI is InChI=1S/C42H52NO11P/c1-8-53-55(45,54-9-2)42(33-13-11-14-35(29-33)46-3)43-34-21-18-30(19-22-34)12-10-15-40(44)52-25-24-51-37-26-31(20-23-36(37)47-4)16-17-32-27-38(48-5)41(50-7)39(28-32)49-6/h11,13-14,16-23,26-29,42-43H,8-10,12,15,24-25H2,1-7H3/b17-16-. The minimum Gasteiger partial charge on any atom is -0.497 e. The molecule has 0 saturated carbocycles. The van der Waals surface area contributed by atoms with Gasteiger partial charge in [-0.25, -0.2) is 0 Å². The van der Waals surface area contributed by atoms with Crippen LogP contribution in [0.1, 0.15) is 54.7 Å². The number of nitrogens with one attached hydrogen (secondary N) is 1. The van der Waals surface area contributed by atoms with Gasteiger partial charge in [0.15, 0.2) is 28.8 Å². The summed E-state index contributed by atoms with van der Waals surface area (Å²) in [6.07, 6.45) is 5.40. The molecule has 0 aliphatic carbocycles. The smallest absolute Gasteiger partial charge is 0.357 e. The zero-order chi connectivity index (χ0) is 39.6. The highest BCUT2D eigenvalue weighted by Crippen LogP contribution is 2.61. The highest BCUT2D eigenvalue weighted by molar-refractivity contribution is 7.54. The lowest BCUT2D eigenvalue weighted by Crippen LogP contribution is -2.15. The molecule has 0 aliphatic rings. The van der Waals surface area contributed by atoms with E-state index >= 15 is 0 Å². The predicted molar refractivity (Wildman–Crippen MR) is 214 cm³/mol. The van der Waals surface area contributed by atoms with Crippen molar-refractivity contribution in [3.63, 3.8) is 0 Å². The minimum absolute atomic E-state index is 0.0929. The molecule has 1 unspecified atom stereocenters. The number of benzene rings is 4. The van der Waals surface area contributed by atoms with E-state index in [9.17, 15) is 9.36 Å². The first-order valence-electron chi connectivity index (χ1n) is 18.0. The van der Waals surface area contributed by atoms with E-state index < -0.39 is 13.4 Å². The molecular formula is C42H52NO11P. The fraction of sp³-hybridized carbons (Fsp3) is 0.357. The third kappa shape index (κ3) is 12.2. The number of ether oxygens (including phenoxy) is 7. The molecule has 0 radical (unpaired) electrons. The lowest BCUT2D eigenvalue weighted by atomic mass is 10.1. The second-order valence-electron chi connectivity index (χ2n) is 12.0. The Morgan fingerprint density at radius 1 is 0.709 bits per heavy atom. The molecule has 296 valence electrons. The van der Waals surface area contributed by atoms with Gasteiger partial charge in [0.2, 0.25) is 5.75 Å². The van der Waals surface area contributed by atoms with Crippen LogP contribution in [0.25, 0.3) is 12.2 Å². The molecule has 55 heavy (non-hydrogen) atoms. The van der Waals surface area contributed by atoms with E-state index in [2.05, 4.69) is 5.32 Å². The molecule has 0 bridgehead atoms. The molecule has 13 heteroatoms. The van der Waals surface area contributed by atoms with Crippen LogP contribution in [0.5, 0.6) is 34.5 Å². The Hall–Kier alpha value is -5.16. The summed E-state index contributed by atoms with van der Waals surface area (Å²) in [4.78, 5) is 12.5. The van der Waals surface area contributed by atoms with Crippen LogP contribution in [0.4, 0.5) is 5.69 Å². The lowest BCUT2D eigenvalue weighted by Gasteiger charge is -2.28. The Morgan fingerprint density at radius 2 is 1.36 bits per heavy atom. The number of anilines is 1. The van der Waals surface area contributed by atoms with Crippen molar-refractivity contribution in [3.05, 3.63) is 101 Å². The van der Waals surface area contributed by atoms with E-state index in [1.165, 1.54) is 0 Å². The van der Waals surface area contributed by atoms with Gasteiger partial charge in [0.25, 0.3) is 0 Å². The van der Waals surface area contributed by atoms with E-state index in [4.69, 9.17) is 42.2 Å². The number of carbonyl (C=O) groups excluding carboxylic acids is 1. The van der Waals surface area contributed by atoms with Crippen molar-refractivity contribution in [2.24, 2.45) is 0 Å². The summed E-state index contributed by atoms with van der Waals surface area (Å²) in [6, 6.07) is 24.4. The Kier molecular flexibility index (Phi) is 16.8. The van der Waals surface area contributed by atoms with Gasteiger partial charge >= 0.3 is 13.6 Å². The number of hydrogen-bond donors (Lipinski definition) is 1. The van der Waals surface area contributed by atoms with Crippen molar-refractivity contribution in [2.45, 2.75) is 38.9 Å². The largest absolute Gasteiger partial charge is 0.497 e. The van der Waals surface area contributed by atoms with Crippen LogP contribution in [-0.4, -0.2) is 67.9 Å². The van der Waals surface area contributed by atoms with Gasteiger partial charge in [-0.2, -0.15) is 0 Å². The maximum absolute atomic E-state index is 13.9. The average molecular weight is 778 g/mol. The summed E-state index contributed by atoms with van der Waals surface area (Å²) in [7, 11) is 4.27. The Bertz CT molecular complexity index is 1860. The molecule has 0 aromatic heterocycles. The third-order valence-electron chi connectivity index (χ3n) is 8.39. The maximum atomic E-state index is 13.9. The van der Waals surface area contributed by atoms with Crippen LogP contribution >= 0.6 is 7.60 Å². The quantitative estimate of drug-likeness (QED) is 0.0334. The molecule has 1 N–H and O–H groups in total. The maximum Gasteiger partial charge on any atom is 0.357 e. The molecule has 4 rings (SSSR count). The summed E-state index contributed by atoms with van der Waals surface area (Å²) < 4.78 is 63.9. The summed E-state index contributed by atoms with van der Waals surface area (Å²) in [5.41, 5.74) is 4.23. The zero-order valence-electron chi connectivity index (χ0n) is 32.6. The molecule has 4 aromatic rings. The number of carbonyl (C=O) groups is 1. The molecule has 0 spiro atoms. The summed E-state index contributed by atoms with van der Waals surface area (Å²) >= 11 is 0. The Balaban J connectivity index is 1.27.